The SMILES string of the molecule is Cc1[nH]c(-c2cc(F)cc3[nH]ccc23)c(C(C)C)c1-c1c(Cl)cnc2c1C=CC2. The molecule has 3 aromatic heterocycles. The lowest BCUT2D eigenvalue weighted by molar-refractivity contribution is 0.630. The maximum absolute atomic E-state index is 14.4. The van der Waals surface area contributed by atoms with E-state index in [9.17, 15) is 4.39 Å². The summed E-state index contributed by atoms with van der Waals surface area (Å²) < 4.78 is 14.4. The number of benzene rings is 1. The second kappa shape index (κ2) is 6.60. The van der Waals surface area contributed by atoms with Gasteiger partial charge in [-0.05, 0) is 36.6 Å². The number of rotatable bonds is 3. The summed E-state index contributed by atoms with van der Waals surface area (Å²) in [5.41, 5.74) is 8.98. The van der Waals surface area contributed by atoms with Crippen LogP contribution in [0.15, 0.2) is 36.7 Å². The van der Waals surface area contributed by atoms with Gasteiger partial charge in [0.15, 0.2) is 0 Å². The fraction of sp³-hybridized carbons (Fsp3) is 0.208. The van der Waals surface area contributed by atoms with Crippen LogP contribution in [0.1, 0.15) is 42.3 Å². The van der Waals surface area contributed by atoms with Gasteiger partial charge in [-0.3, -0.25) is 4.98 Å². The lowest BCUT2D eigenvalue weighted by Crippen LogP contribution is -1.98. The highest BCUT2D eigenvalue weighted by molar-refractivity contribution is 6.33. The van der Waals surface area contributed by atoms with Gasteiger partial charge in [-0.2, -0.15) is 0 Å². The van der Waals surface area contributed by atoms with E-state index in [1.54, 1.807) is 12.3 Å². The molecule has 3 nitrogen and oxygen atoms in total. The predicted molar refractivity (Wildman–Crippen MR) is 118 cm³/mol. The average molecular weight is 406 g/mol. The van der Waals surface area contributed by atoms with Crippen molar-refractivity contribution in [1.29, 1.82) is 0 Å². The summed E-state index contributed by atoms with van der Waals surface area (Å²) in [5.74, 6) is -0.0447. The zero-order chi connectivity index (χ0) is 20.3. The molecule has 1 aliphatic carbocycles. The van der Waals surface area contributed by atoms with Crippen molar-refractivity contribution in [1.82, 2.24) is 15.0 Å². The average Bonchev–Trinajstić information content (AvgIpc) is 3.39. The number of aromatic nitrogens is 3. The molecule has 0 aliphatic heterocycles. The van der Waals surface area contributed by atoms with Gasteiger partial charge >= 0.3 is 0 Å². The number of H-pyrrole nitrogens is 2. The maximum atomic E-state index is 14.4. The zero-order valence-electron chi connectivity index (χ0n) is 16.5. The highest BCUT2D eigenvalue weighted by Gasteiger charge is 2.26. The van der Waals surface area contributed by atoms with Crippen molar-refractivity contribution >= 4 is 28.6 Å². The van der Waals surface area contributed by atoms with E-state index in [0.29, 0.717) is 5.02 Å². The van der Waals surface area contributed by atoms with Gasteiger partial charge in [-0.25, -0.2) is 4.39 Å². The number of pyridine rings is 1. The zero-order valence-corrected chi connectivity index (χ0v) is 17.3. The normalized spacial score (nSPS) is 13.0. The fourth-order valence-electron chi connectivity index (χ4n) is 4.52. The van der Waals surface area contributed by atoms with Crippen molar-refractivity contribution in [2.24, 2.45) is 0 Å². The Morgan fingerprint density at radius 3 is 2.83 bits per heavy atom. The first-order valence-corrected chi connectivity index (χ1v) is 10.2. The van der Waals surface area contributed by atoms with Crippen molar-refractivity contribution in [3.8, 4) is 22.4 Å². The molecule has 3 heterocycles. The van der Waals surface area contributed by atoms with Crippen LogP contribution >= 0.6 is 11.6 Å². The van der Waals surface area contributed by atoms with Crippen LogP contribution in [0.5, 0.6) is 0 Å². The molecule has 0 spiro atoms. The van der Waals surface area contributed by atoms with E-state index in [1.807, 2.05) is 12.3 Å². The third-order valence-electron chi connectivity index (χ3n) is 5.71. The molecule has 0 atom stereocenters. The number of hydrogen-bond donors (Lipinski definition) is 2. The highest BCUT2D eigenvalue weighted by atomic mass is 35.5. The molecule has 0 radical (unpaired) electrons. The number of nitrogens with one attached hydrogen (secondary N) is 2. The smallest absolute Gasteiger partial charge is 0.125 e. The maximum Gasteiger partial charge on any atom is 0.125 e. The summed E-state index contributed by atoms with van der Waals surface area (Å²) in [4.78, 5) is 11.2. The molecular formula is C24H21ClFN3. The summed E-state index contributed by atoms with van der Waals surface area (Å²) in [6.07, 6.45) is 8.63. The van der Waals surface area contributed by atoms with E-state index in [2.05, 4.69) is 47.9 Å². The van der Waals surface area contributed by atoms with Crippen LogP contribution < -0.4 is 0 Å². The van der Waals surface area contributed by atoms with Crippen LogP contribution in [0, 0.1) is 12.7 Å². The molecule has 0 saturated heterocycles. The van der Waals surface area contributed by atoms with E-state index in [1.165, 1.54) is 6.07 Å². The minimum atomic E-state index is -0.260. The topological polar surface area (TPSA) is 44.5 Å². The van der Waals surface area contributed by atoms with Gasteiger partial charge < -0.3 is 9.97 Å². The number of fused-ring (bicyclic) bond motifs is 2. The van der Waals surface area contributed by atoms with Crippen molar-refractivity contribution in [3.63, 3.8) is 0 Å². The number of aromatic amines is 2. The van der Waals surface area contributed by atoms with E-state index < -0.39 is 0 Å². The fourth-order valence-corrected chi connectivity index (χ4v) is 4.77. The Morgan fingerprint density at radius 1 is 1.21 bits per heavy atom. The minimum absolute atomic E-state index is 0.215. The Kier molecular flexibility index (Phi) is 4.14. The van der Waals surface area contributed by atoms with Gasteiger partial charge in [0.05, 0.1) is 16.4 Å². The third-order valence-corrected chi connectivity index (χ3v) is 5.99. The summed E-state index contributed by atoms with van der Waals surface area (Å²) in [6, 6.07) is 5.13. The van der Waals surface area contributed by atoms with Crippen molar-refractivity contribution in [2.75, 3.05) is 0 Å². The molecule has 5 rings (SSSR count). The number of allylic oxidation sites excluding steroid dienone is 1. The van der Waals surface area contributed by atoms with Gasteiger partial charge in [-0.1, -0.05) is 37.6 Å². The van der Waals surface area contributed by atoms with E-state index in [4.69, 9.17) is 11.6 Å². The van der Waals surface area contributed by atoms with Crippen LogP contribution in [0.25, 0.3) is 39.4 Å². The Bertz CT molecular complexity index is 1290. The van der Waals surface area contributed by atoms with E-state index in [-0.39, 0.29) is 11.7 Å². The summed E-state index contributed by atoms with van der Waals surface area (Å²) in [5, 5.41) is 1.63. The van der Waals surface area contributed by atoms with Gasteiger partial charge in [0.25, 0.3) is 0 Å². The molecule has 0 amide bonds. The van der Waals surface area contributed by atoms with Crippen molar-refractivity contribution < 1.29 is 4.39 Å². The predicted octanol–water partition coefficient (Wildman–Crippen LogP) is 7.02. The Labute approximate surface area is 173 Å². The minimum Gasteiger partial charge on any atom is -0.361 e. The lowest BCUT2D eigenvalue weighted by atomic mass is 9.88. The Balaban J connectivity index is 1.86. The van der Waals surface area contributed by atoms with Crippen LogP contribution in [0.3, 0.4) is 0 Å². The molecule has 1 aliphatic rings. The Hall–Kier alpha value is -2.85. The number of aryl methyl sites for hydroxylation is 1. The highest BCUT2D eigenvalue weighted by Crippen LogP contribution is 2.46. The molecule has 29 heavy (non-hydrogen) atoms. The number of hydrogen-bond acceptors (Lipinski definition) is 1. The van der Waals surface area contributed by atoms with Crippen LogP contribution in [-0.2, 0) is 6.42 Å². The molecule has 5 heteroatoms. The molecule has 0 bridgehead atoms. The first-order chi connectivity index (χ1) is 14.0. The second-order valence-electron chi connectivity index (χ2n) is 7.91. The van der Waals surface area contributed by atoms with Gasteiger partial charge in [0.1, 0.15) is 5.82 Å². The Morgan fingerprint density at radius 2 is 2.03 bits per heavy atom. The van der Waals surface area contributed by atoms with E-state index >= 15 is 0 Å². The molecule has 0 unspecified atom stereocenters. The third kappa shape index (κ3) is 2.74. The first-order valence-electron chi connectivity index (χ1n) is 9.79. The molecular weight excluding hydrogens is 385 g/mol. The van der Waals surface area contributed by atoms with Crippen LogP contribution in [-0.4, -0.2) is 15.0 Å². The summed E-state index contributed by atoms with van der Waals surface area (Å²) in [7, 11) is 0. The second-order valence-corrected chi connectivity index (χ2v) is 8.32. The monoisotopic (exact) mass is 405 g/mol. The van der Waals surface area contributed by atoms with Crippen molar-refractivity contribution in [3.05, 3.63) is 70.0 Å². The summed E-state index contributed by atoms with van der Waals surface area (Å²) in [6.45, 7) is 6.38. The molecule has 0 fully saturated rings. The largest absolute Gasteiger partial charge is 0.361 e. The molecule has 4 aromatic rings. The van der Waals surface area contributed by atoms with Gasteiger partial charge in [0.2, 0.25) is 0 Å². The van der Waals surface area contributed by atoms with Crippen LogP contribution in [0.2, 0.25) is 5.02 Å². The first kappa shape index (κ1) is 18.2. The molecule has 146 valence electrons. The van der Waals surface area contributed by atoms with Crippen molar-refractivity contribution in [2.45, 2.75) is 33.1 Å². The summed E-state index contributed by atoms with van der Waals surface area (Å²) >= 11 is 6.67. The molecule has 2 N–H and O–H groups in total. The lowest BCUT2D eigenvalue weighted by Gasteiger charge is -2.16. The standard InChI is InChI=1S/C24H21ClFN3/c1-12(2)21-22(23-16-5-4-6-19(16)28-11-18(23)25)13(3)29-24(21)17-9-14(26)10-20-15(17)7-8-27-20/h4-5,7-12,27,29H,6H2,1-3H3. The molecule has 0 saturated carbocycles. The van der Waals surface area contributed by atoms with E-state index in [0.717, 1.165) is 62.2 Å². The quantitative estimate of drug-likeness (QED) is 0.378. The van der Waals surface area contributed by atoms with Gasteiger partial charge in [0, 0.05) is 57.7 Å². The number of halogens is 2. The molecule has 1 aromatic carbocycles. The van der Waals surface area contributed by atoms with Gasteiger partial charge in [-0.15, -0.1) is 0 Å². The van der Waals surface area contributed by atoms with Crippen LogP contribution in [0.4, 0.5) is 4.39 Å². The number of nitrogens with zero attached hydrogens (tertiary/aromatic N) is 1.